The zero-order valence-electron chi connectivity index (χ0n) is 36.7. The van der Waals surface area contributed by atoms with Crippen molar-refractivity contribution in [2.75, 3.05) is 52.5 Å². The van der Waals surface area contributed by atoms with Gasteiger partial charge in [0.25, 0.3) is 17.7 Å². The molecule has 4 atom stereocenters. The van der Waals surface area contributed by atoms with Crippen LogP contribution in [0.4, 0.5) is 18.0 Å². The van der Waals surface area contributed by atoms with Crippen molar-refractivity contribution in [1.29, 1.82) is 0 Å². The number of benzene rings is 2. The van der Waals surface area contributed by atoms with E-state index in [4.69, 9.17) is 19.2 Å². The molecule has 3 aromatic rings. The van der Waals surface area contributed by atoms with E-state index in [1.54, 1.807) is 36.4 Å². The average Bonchev–Trinajstić information content (AvgIpc) is 3.93. The van der Waals surface area contributed by atoms with Crippen LogP contribution in [0.3, 0.4) is 0 Å². The lowest BCUT2D eigenvalue weighted by Gasteiger charge is -2.42. The van der Waals surface area contributed by atoms with Gasteiger partial charge in [-0.25, -0.2) is 22.9 Å². The molecule has 5 amide bonds. The first-order valence-electron chi connectivity index (χ1n) is 21.4. The summed E-state index contributed by atoms with van der Waals surface area (Å²) in [5, 5.41) is 0. The predicted octanol–water partition coefficient (Wildman–Crippen LogP) is 5.47. The summed E-state index contributed by atoms with van der Waals surface area (Å²) in [5.41, 5.74) is -0.0672. The van der Waals surface area contributed by atoms with Crippen molar-refractivity contribution in [3.8, 4) is 11.3 Å². The first-order valence-corrected chi connectivity index (χ1v) is 21.4. The summed E-state index contributed by atoms with van der Waals surface area (Å²) in [4.78, 5) is 87.7. The zero-order valence-corrected chi connectivity index (χ0v) is 36.7. The van der Waals surface area contributed by atoms with Crippen LogP contribution in [0.5, 0.6) is 0 Å². The standard InChI is InChI=1S/C46H55F3N6O9/c1-29(63-30(2)56)44(60)55(26-33-25-53(27-37(33)49)45(61)64-46(3,4)5)42(32-15-18-51(19-16-32)39(57)17-21-62-22-20-54-40(58)13-14-41(54)59)43-50-38(35-23-34(47)11-12-36(35)48)28-52(43)24-31-9-7-6-8-10-31/h6-14,23,28-29,32-33,37,42H,15-22,24-27H2,1-5H3/t29-,33-,37-,42+/m0/s1. The topological polar surface area (TPSA) is 161 Å². The van der Waals surface area contributed by atoms with Crippen LogP contribution in [0.2, 0.25) is 0 Å². The Morgan fingerprint density at radius 1 is 0.938 bits per heavy atom. The van der Waals surface area contributed by atoms with E-state index in [1.165, 1.54) is 28.9 Å². The molecular weight excluding hydrogens is 838 g/mol. The van der Waals surface area contributed by atoms with Crippen LogP contribution in [0, 0.1) is 23.5 Å². The number of nitrogens with zero attached hydrogens (tertiary/aromatic N) is 6. The van der Waals surface area contributed by atoms with Crippen molar-refractivity contribution >= 4 is 35.7 Å². The van der Waals surface area contributed by atoms with Crippen molar-refractivity contribution < 1.29 is 56.1 Å². The summed E-state index contributed by atoms with van der Waals surface area (Å²) in [7, 11) is 0. The molecule has 0 aliphatic carbocycles. The Labute approximate surface area is 370 Å². The molecule has 0 radical (unpaired) electrons. The van der Waals surface area contributed by atoms with Gasteiger partial charge in [0.1, 0.15) is 29.2 Å². The number of esters is 1. The number of aromatic nitrogens is 2. The van der Waals surface area contributed by atoms with Crippen molar-refractivity contribution in [2.24, 2.45) is 11.8 Å². The van der Waals surface area contributed by atoms with Gasteiger partial charge in [0.2, 0.25) is 5.91 Å². The van der Waals surface area contributed by atoms with Crippen molar-refractivity contribution in [3.05, 3.63) is 89.9 Å². The molecule has 6 rings (SSSR count). The van der Waals surface area contributed by atoms with Crippen molar-refractivity contribution in [1.82, 2.24) is 29.2 Å². The molecule has 0 unspecified atom stereocenters. The van der Waals surface area contributed by atoms with Crippen molar-refractivity contribution in [2.45, 2.75) is 84.3 Å². The Hall–Kier alpha value is -6.04. The van der Waals surface area contributed by atoms with Crippen LogP contribution >= 0.6 is 0 Å². The summed E-state index contributed by atoms with van der Waals surface area (Å²) in [6, 6.07) is 11.3. The highest BCUT2D eigenvalue weighted by Crippen LogP contribution is 2.39. The number of piperidine rings is 1. The van der Waals surface area contributed by atoms with Crippen LogP contribution in [0.25, 0.3) is 11.3 Å². The van der Waals surface area contributed by atoms with Gasteiger partial charge in [0, 0.05) is 69.5 Å². The molecule has 1 aromatic heterocycles. The molecule has 15 nitrogen and oxygen atoms in total. The number of rotatable bonds is 16. The van der Waals surface area contributed by atoms with E-state index >= 15 is 8.78 Å². The average molecular weight is 893 g/mol. The molecule has 3 aliphatic rings. The van der Waals surface area contributed by atoms with Crippen LogP contribution in [0.1, 0.15) is 71.3 Å². The maximum atomic E-state index is 16.2. The third kappa shape index (κ3) is 11.9. The highest BCUT2D eigenvalue weighted by atomic mass is 19.1. The molecule has 64 heavy (non-hydrogen) atoms. The number of hydrogen-bond acceptors (Lipinski definition) is 10. The molecule has 2 aromatic carbocycles. The highest BCUT2D eigenvalue weighted by molar-refractivity contribution is 6.12. The Morgan fingerprint density at radius 3 is 2.28 bits per heavy atom. The fourth-order valence-electron chi connectivity index (χ4n) is 8.30. The zero-order chi connectivity index (χ0) is 46.3. The summed E-state index contributed by atoms with van der Waals surface area (Å²) in [5.74, 6) is -4.98. The summed E-state index contributed by atoms with van der Waals surface area (Å²) < 4.78 is 64.6. The number of ether oxygens (including phenoxy) is 3. The molecule has 2 saturated heterocycles. The minimum absolute atomic E-state index is 0.0243. The minimum atomic E-state index is -1.58. The fraction of sp³-hybridized carbons (Fsp3) is 0.500. The number of halogens is 3. The first-order chi connectivity index (χ1) is 30.4. The second-order valence-electron chi connectivity index (χ2n) is 17.3. The second kappa shape index (κ2) is 20.6. The normalized spacial score (nSPS) is 19.0. The Balaban J connectivity index is 1.33. The van der Waals surface area contributed by atoms with E-state index in [9.17, 15) is 33.2 Å². The number of likely N-dealkylation sites (tertiary alicyclic amines) is 2. The van der Waals surface area contributed by atoms with Crippen LogP contribution in [-0.4, -0.2) is 135 Å². The monoisotopic (exact) mass is 892 g/mol. The molecule has 18 heteroatoms. The maximum absolute atomic E-state index is 16.2. The molecule has 0 spiro atoms. The lowest BCUT2D eigenvalue weighted by molar-refractivity contribution is -0.160. The van der Waals surface area contributed by atoms with E-state index < -0.39 is 77.2 Å². The van der Waals surface area contributed by atoms with Crippen LogP contribution in [0.15, 0.2) is 66.9 Å². The Kier molecular flexibility index (Phi) is 15.3. The van der Waals surface area contributed by atoms with E-state index in [0.29, 0.717) is 12.8 Å². The predicted molar refractivity (Wildman–Crippen MR) is 226 cm³/mol. The smallest absolute Gasteiger partial charge is 0.410 e. The van der Waals surface area contributed by atoms with Gasteiger partial charge in [-0.15, -0.1) is 0 Å². The van der Waals surface area contributed by atoms with E-state index in [-0.39, 0.29) is 88.4 Å². The Bertz CT molecular complexity index is 2200. The van der Waals surface area contributed by atoms with E-state index in [0.717, 1.165) is 35.6 Å². The molecule has 4 heterocycles. The van der Waals surface area contributed by atoms with Gasteiger partial charge in [-0.05, 0) is 70.2 Å². The number of carbonyl (C=O) groups excluding carboxylic acids is 6. The van der Waals surface area contributed by atoms with Crippen molar-refractivity contribution in [3.63, 3.8) is 0 Å². The highest BCUT2D eigenvalue weighted by Gasteiger charge is 2.45. The minimum Gasteiger partial charge on any atom is -0.453 e. The molecule has 3 aliphatic heterocycles. The fourth-order valence-corrected chi connectivity index (χ4v) is 8.30. The SMILES string of the molecule is CC(=O)O[C@@H](C)C(=O)N(C[C@@H]1CN(C(=O)OC(C)(C)C)C[C@@H]1F)[C@@H](c1nc(-c2cc(F)ccc2F)cn1Cc1ccccc1)C1CCN(C(=O)CCOCCN2C(=O)C=CC2=O)CC1. The van der Waals surface area contributed by atoms with Gasteiger partial charge in [-0.3, -0.25) is 28.9 Å². The molecule has 0 saturated carbocycles. The molecule has 2 fully saturated rings. The summed E-state index contributed by atoms with van der Waals surface area (Å²) in [6.07, 6.45) is 0.989. The molecule has 0 bridgehead atoms. The summed E-state index contributed by atoms with van der Waals surface area (Å²) in [6.45, 7) is 7.87. The van der Waals surface area contributed by atoms with E-state index in [2.05, 4.69) is 0 Å². The lowest BCUT2D eigenvalue weighted by Crippen LogP contribution is -2.50. The quantitative estimate of drug-likeness (QED) is 0.103. The van der Waals surface area contributed by atoms with Crippen LogP contribution < -0.4 is 0 Å². The number of amides is 5. The van der Waals surface area contributed by atoms with Gasteiger partial charge in [-0.1, -0.05) is 30.3 Å². The molecular formula is C46H55F3N6O9. The molecule has 0 N–H and O–H groups in total. The lowest BCUT2D eigenvalue weighted by atomic mass is 9.86. The van der Waals surface area contributed by atoms with Gasteiger partial charge < -0.3 is 33.5 Å². The first kappa shape index (κ1) is 47.4. The third-order valence-electron chi connectivity index (χ3n) is 11.4. The van der Waals surface area contributed by atoms with Gasteiger partial charge in [0.15, 0.2) is 6.10 Å². The molecule has 344 valence electrons. The van der Waals surface area contributed by atoms with Crippen LogP contribution in [-0.2, 0) is 44.7 Å². The number of imide groups is 1. The van der Waals surface area contributed by atoms with E-state index in [1.807, 2.05) is 30.3 Å². The second-order valence-corrected chi connectivity index (χ2v) is 17.3. The van der Waals surface area contributed by atoms with Gasteiger partial charge in [-0.2, -0.15) is 0 Å². The number of carbonyl (C=O) groups is 6. The number of hydrogen-bond donors (Lipinski definition) is 0. The Morgan fingerprint density at radius 2 is 1.62 bits per heavy atom. The number of imidazole rings is 1. The number of alkyl halides is 1. The largest absolute Gasteiger partial charge is 0.453 e. The van der Waals surface area contributed by atoms with Gasteiger partial charge >= 0.3 is 12.1 Å². The third-order valence-corrected chi connectivity index (χ3v) is 11.4. The maximum Gasteiger partial charge on any atom is 0.410 e. The summed E-state index contributed by atoms with van der Waals surface area (Å²) >= 11 is 0. The van der Waals surface area contributed by atoms with Gasteiger partial charge in [0.05, 0.1) is 44.5 Å².